The van der Waals surface area contributed by atoms with E-state index in [1.165, 1.54) is 0 Å². The highest BCUT2D eigenvalue weighted by Gasteiger charge is 2.41. The Kier molecular flexibility index (Phi) is 10.2. The van der Waals surface area contributed by atoms with Crippen LogP contribution in [0.5, 0.6) is 5.88 Å². The highest BCUT2D eigenvalue weighted by atomic mass is 16.5. The summed E-state index contributed by atoms with van der Waals surface area (Å²) in [6.07, 6.45) is 6.32. The smallest absolute Gasteiger partial charge is 0.270 e. The van der Waals surface area contributed by atoms with Crippen molar-refractivity contribution in [1.29, 1.82) is 0 Å². The molecule has 0 unspecified atom stereocenters. The zero-order valence-electron chi connectivity index (χ0n) is 26.5. The van der Waals surface area contributed by atoms with Crippen LogP contribution in [0.1, 0.15) is 62.8 Å². The standard InChI is InChI=1S/C32H47N7O5/c1-32(2,3)19-29(40)38-14-15-43-16-17-44-28-7-5-6-25(35-28)30(41)34-24-18-26(31(42)37-11-8-23(20-38)9-12-37)39(21-24)22-27-33-10-13-36(27)4/h5-7,10,13,23-24,26H,8-9,11-12,14-22H2,1-4H3,(H,34,41)/t24-,26+/m1/s1. The molecule has 0 spiro atoms. The number of piperidine rings is 1. The lowest BCUT2D eigenvalue weighted by molar-refractivity contribution is -0.139. The summed E-state index contributed by atoms with van der Waals surface area (Å²) in [5, 5.41) is 3.11. The van der Waals surface area contributed by atoms with Gasteiger partial charge in [-0.25, -0.2) is 9.97 Å². The van der Waals surface area contributed by atoms with Crippen LogP contribution in [-0.2, 0) is 27.9 Å². The van der Waals surface area contributed by atoms with Crippen LogP contribution in [0.3, 0.4) is 0 Å². The molecule has 0 radical (unpaired) electrons. The summed E-state index contributed by atoms with van der Waals surface area (Å²) in [5.74, 6) is 1.45. The van der Waals surface area contributed by atoms with E-state index >= 15 is 0 Å². The van der Waals surface area contributed by atoms with Gasteiger partial charge in [0, 0.05) is 70.7 Å². The van der Waals surface area contributed by atoms with Gasteiger partial charge in [-0.2, -0.15) is 0 Å². The van der Waals surface area contributed by atoms with E-state index in [9.17, 15) is 14.4 Å². The topological polar surface area (TPSA) is 122 Å². The van der Waals surface area contributed by atoms with Gasteiger partial charge in [0.2, 0.25) is 17.7 Å². The highest BCUT2D eigenvalue weighted by Crippen LogP contribution is 2.27. The molecule has 6 heterocycles. The number of aromatic nitrogens is 3. The van der Waals surface area contributed by atoms with Crippen molar-refractivity contribution in [2.24, 2.45) is 18.4 Å². The third-order valence-corrected chi connectivity index (χ3v) is 8.67. The van der Waals surface area contributed by atoms with E-state index in [0.29, 0.717) is 77.1 Å². The number of carbonyl (C=O) groups is 3. The second kappa shape index (κ2) is 14.1. The summed E-state index contributed by atoms with van der Waals surface area (Å²) in [4.78, 5) is 55.4. The van der Waals surface area contributed by atoms with E-state index in [1.54, 1.807) is 24.4 Å². The van der Waals surface area contributed by atoms with Crippen LogP contribution in [0.15, 0.2) is 30.6 Å². The molecule has 4 aliphatic rings. The maximum atomic E-state index is 14.0. The van der Waals surface area contributed by atoms with Crippen molar-refractivity contribution in [3.8, 4) is 5.88 Å². The van der Waals surface area contributed by atoms with Crippen molar-refractivity contribution < 1.29 is 23.9 Å². The molecule has 12 heteroatoms. The highest BCUT2D eigenvalue weighted by molar-refractivity contribution is 5.92. The Labute approximate surface area is 260 Å². The third-order valence-electron chi connectivity index (χ3n) is 8.67. The Morgan fingerprint density at radius 2 is 1.86 bits per heavy atom. The number of nitrogens with one attached hydrogen (secondary N) is 1. The fourth-order valence-corrected chi connectivity index (χ4v) is 6.27. The van der Waals surface area contributed by atoms with Crippen molar-refractivity contribution in [2.45, 2.75) is 65.1 Å². The number of amides is 3. The van der Waals surface area contributed by atoms with Crippen molar-refractivity contribution in [1.82, 2.24) is 34.6 Å². The largest absolute Gasteiger partial charge is 0.475 e. The predicted molar refractivity (Wildman–Crippen MR) is 164 cm³/mol. The van der Waals surface area contributed by atoms with Crippen molar-refractivity contribution in [2.75, 3.05) is 52.5 Å². The fourth-order valence-electron chi connectivity index (χ4n) is 6.27. The average Bonchev–Trinajstić information content (AvgIpc) is 3.58. The molecule has 0 aliphatic carbocycles. The average molecular weight is 610 g/mol. The molecule has 44 heavy (non-hydrogen) atoms. The fraction of sp³-hybridized carbons (Fsp3) is 0.656. The van der Waals surface area contributed by atoms with Crippen LogP contribution in [0, 0.1) is 11.3 Å². The van der Waals surface area contributed by atoms with E-state index < -0.39 is 0 Å². The van der Waals surface area contributed by atoms with Gasteiger partial charge in [0.1, 0.15) is 18.1 Å². The maximum Gasteiger partial charge on any atom is 0.270 e. The van der Waals surface area contributed by atoms with Gasteiger partial charge < -0.3 is 29.2 Å². The Bertz CT molecular complexity index is 1300. The van der Waals surface area contributed by atoms with E-state index in [1.807, 2.05) is 27.6 Å². The summed E-state index contributed by atoms with van der Waals surface area (Å²) in [5.41, 5.74) is 0.149. The Balaban J connectivity index is 1.34. The van der Waals surface area contributed by atoms with Gasteiger partial charge in [-0.1, -0.05) is 26.8 Å². The molecule has 12 nitrogen and oxygen atoms in total. The number of imidazole rings is 1. The number of carbonyl (C=O) groups excluding carboxylic acids is 3. The first-order chi connectivity index (χ1) is 21.1. The molecule has 240 valence electrons. The third kappa shape index (κ3) is 8.35. The number of hydrogen-bond acceptors (Lipinski definition) is 8. The SMILES string of the molecule is Cn1ccnc1CN1C[C@H]2C[C@H]1C(=O)N1CCC(CC1)CN(C(=O)CC(C)(C)C)CCOCCOc1cccc(n1)C(=O)N2. The number of rotatable bonds is 3. The molecule has 6 rings (SSSR count). The summed E-state index contributed by atoms with van der Waals surface area (Å²) < 4.78 is 13.6. The molecular weight excluding hydrogens is 562 g/mol. The number of hydrogen-bond donors (Lipinski definition) is 1. The molecule has 0 aromatic carbocycles. The number of pyridine rings is 1. The Hall–Kier alpha value is -3.51. The first-order valence-electron chi connectivity index (χ1n) is 15.8. The lowest BCUT2D eigenvalue weighted by Gasteiger charge is -2.37. The Morgan fingerprint density at radius 3 is 2.59 bits per heavy atom. The quantitative estimate of drug-likeness (QED) is 0.526. The van der Waals surface area contributed by atoms with Gasteiger partial charge in [0.15, 0.2) is 0 Å². The molecule has 2 saturated heterocycles. The van der Waals surface area contributed by atoms with Crippen molar-refractivity contribution in [3.63, 3.8) is 0 Å². The molecule has 0 saturated carbocycles. The van der Waals surface area contributed by atoms with Gasteiger partial charge in [-0.3, -0.25) is 19.3 Å². The summed E-state index contributed by atoms with van der Waals surface area (Å²) in [6, 6.07) is 4.52. The first kappa shape index (κ1) is 31.9. The number of fused-ring (bicyclic) bond motifs is 10. The molecule has 2 fully saturated rings. The second-order valence-electron chi connectivity index (χ2n) is 13.5. The number of likely N-dealkylation sites (tertiary alicyclic amines) is 1. The minimum absolute atomic E-state index is 0.0860. The van der Waals surface area contributed by atoms with Gasteiger partial charge in [0.25, 0.3) is 5.91 Å². The van der Waals surface area contributed by atoms with Gasteiger partial charge >= 0.3 is 0 Å². The number of nitrogens with zero attached hydrogens (tertiary/aromatic N) is 6. The molecule has 2 aromatic heterocycles. The Morgan fingerprint density at radius 1 is 1.07 bits per heavy atom. The molecular formula is C32H47N7O5. The van der Waals surface area contributed by atoms with Crippen LogP contribution in [-0.4, -0.2) is 112 Å². The summed E-state index contributed by atoms with van der Waals surface area (Å²) in [6.45, 7) is 10.8. The predicted octanol–water partition coefficient (Wildman–Crippen LogP) is 2.10. The molecule has 3 amide bonds. The number of ether oxygens (including phenoxy) is 2. The molecule has 2 aromatic rings. The lowest BCUT2D eigenvalue weighted by atomic mass is 9.90. The molecule has 2 atom stereocenters. The minimum Gasteiger partial charge on any atom is -0.475 e. The van der Waals surface area contributed by atoms with Gasteiger partial charge in [-0.05, 0) is 36.7 Å². The molecule has 1 N–H and O–H groups in total. The van der Waals surface area contributed by atoms with E-state index in [0.717, 1.165) is 18.7 Å². The minimum atomic E-state index is -0.368. The monoisotopic (exact) mass is 609 g/mol. The van der Waals surface area contributed by atoms with E-state index in [2.05, 4.69) is 41.0 Å². The normalized spacial score (nSPS) is 24.5. The van der Waals surface area contributed by atoms with Crippen LogP contribution < -0.4 is 10.1 Å². The van der Waals surface area contributed by atoms with Crippen molar-refractivity contribution in [3.05, 3.63) is 42.1 Å². The van der Waals surface area contributed by atoms with E-state index in [-0.39, 0.29) is 47.5 Å². The zero-order chi connectivity index (χ0) is 31.3. The van der Waals surface area contributed by atoms with Crippen LogP contribution in [0.4, 0.5) is 0 Å². The summed E-state index contributed by atoms with van der Waals surface area (Å²) in [7, 11) is 1.95. The maximum absolute atomic E-state index is 14.0. The van der Waals surface area contributed by atoms with Crippen LogP contribution in [0.25, 0.3) is 0 Å². The van der Waals surface area contributed by atoms with Crippen LogP contribution >= 0.6 is 0 Å². The van der Waals surface area contributed by atoms with Crippen LogP contribution in [0.2, 0.25) is 0 Å². The number of aryl methyl sites for hydroxylation is 1. The first-order valence-corrected chi connectivity index (χ1v) is 15.8. The lowest BCUT2D eigenvalue weighted by Crippen LogP contribution is -2.49. The molecule has 4 aliphatic heterocycles. The van der Waals surface area contributed by atoms with Gasteiger partial charge in [-0.15, -0.1) is 0 Å². The van der Waals surface area contributed by atoms with Crippen molar-refractivity contribution >= 4 is 17.7 Å². The second-order valence-corrected chi connectivity index (χ2v) is 13.5. The summed E-state index contributed by atoms with van der Waals surface area (Å²) >= 11 is 0. The molecule has 6 bridgehead atoms. The van der Waals surface area contributed by atoms with Gasteiger partial charge in [0.05, 0.1) is 25.8 Å². The van der Waals surface area contributed by atoms with E-state index in [4.69, 9.17) is 9.47 Å². The zero-order valence-corrected chi connectivity index (χ0v) is 26.5.